The number of hydrogen-bond acceptors (Lipinski definition) is 3. The summed E-state index contributed by atoms with van der Waals surface area (Å²) in [6.07, 6.45) is 0.920. The van der Waals surface area contributed by atoms with Crippen molar-refractivity contribution >= 4 is 22.9 Å². The van der Waals surface area contributed by atoms with Gasteiger partial charge in [-0.05, 0) is 30.7 Å². The zero-order valence-corrected chi connectivity index (χ0v) is 13.3. The number of nitrogens with zero attached hydrogens (tertiary/aromatic N) is 2. The van der Waals surface area contributed by atoms with Crippen LogP contribution < -0.4 is 10.1 Å². The van der Waals surface area contributed by atoms with Crippen LogP contribution in [0.2, 0.25) is 0 Å². The first-order chi connectivity index (χ1) is 11.7. The zero-order chi connectivity index (χ0) is 16.9. The van der Waals surface area contributed by atoms with Crippen LogP contribution >= 0.6 is 0 Å². The van der Waals surface area contributed by atoms with Crippen molar-refractivity contribution in [1.29, 1.82) is 0 Å². The van der Waals surface area contributed by atoms with Crippen molar-refractivity contribution < 1.29 is 13.9 Å². The Hall–Kier alpha value is -2.89. The minimum absolute atomic E-state index is 0.210. The molecule has 0 radical (unpaired) electrons. The summed E-state index contributed by atoms with van der Waals surface area (Å²) in [7, 11) is 0. The Balaban J connectivity index is 1.72. The molecule has 0 saturated carbocycles. The molecular weight excluding hydrogens is 309 g/mol. The molecule has 1 amide bonds. The minimum Gasteiger partial charge on any atom is -0.484 e. The molecule has 6 heteroatoms. The van der Waals surface area contributed by atoms with E-state index in [1.54, 1.807) is 6.07 Å². The molecule has 24 heavy (non-hydrogen) atoms. The summed E-state index contributed by atoms with van der Waals surface area (Å²) in [5.74, 6) is 0.0580. The number of fused-ring (bicyclic) bond motifs is 1. The fourth-order valence-electron chi connectivity index (χ4n) is 2.49. The van der Waals surface area contributed by atoms with E-state index in [0.717, 1.165) is 24.0 Å². The summed E-state index contributed by atoms with van der Waals surface area (Å²) < 4.78 is 20.4. The quantitative estimate of drug-likeness (QED) is 0.752. The fraction of sp³-hybridized carbons (Fsp3) is 0.222. The topological polar surface area (TPSA) is 56.2 Å². The maximum atomic E-state index is 13.1. The van der Waals surface area contributed by atoms with Gasteiger partial charge in [0, 0.05) is 12.6 Å². The van der Waals surface area contributed by atoms with Crippen LogP contribution in [0.3, 0.4) is 0 Å². The van der Waals surface area contributed by atoms with Gasteiger partial charge < -0.3 is 9.30 Å². The Morgan fingerprint density at radius 1 is 1.25 bits per heavy atom. The third-order valence-corrected chi connectivity index (χ3v) is 3.52. The Morgan fingerprint density at radius 3 is 2.88 bits per heavy atom. The number of hydrogen-bond donors (Lipinski definition) is 1. The van der Waals surface area contributed by atoms with Crippen molar-refractivity contribution in [2.75, 3.05) is 11.9 Å². The van der Waals surface area contributed by atoms with Crippen LogP contribution in [0.15, 0.2) is 48.5 Å². The smallest absolute Gasteiger partial charge is 0.264 e. The van der Waals surface area contributed by atoms with Gasteiger partial charge in [0.1, 0.15) is 11.6 Å². The van der Waals surface area contributed by atoms with Gasteiger partial charge in [0.05, 0.1) is 11.0 Å². The third kappa shape index (κ3) is 3.53. The first-order valence-corrected chi connectivity index (χ1v) is 7.81. The highest BCUT2D eigenvalue weighted by Crippen LogP contribution is 2.20. The second-order valence-electron chi connectivity index (χ2n) is 5.37. The van der Waals surface area contributed by atoms with Gasteiger partial charge >= 0.3 is 0 Å². The summed E-state index contributed by atoms with van der Waals surface area (Å²) in [4.78, 5) is 16.6. The number of imidazole rings is 1. The molecule has 0 saturated heterocycles. The fourth-order valence-corrected chi connectivity index (χ4v) is 2.49. The van der Waals surface area contributed by atoms with E-state index in [1.807, 2.05) is 28.8 Å². The second kappa shape index (κ2) is 7.12. The van der Waals surface area contributed by atoms with Crippen LogP contribution in [0.25, 0.3) is 11.0 Å². The number of benzene rings is 2. The lowest BCUT2D eigenvalue weighted by molar-refractivity contribution is -0.118. The van der Waals surface area contributed by atoms with Crippen LogP contribution in [-0.2, 0) is 11.3 Å². The average Bonchev–Trinajstić information content (AvgIpc) is 2.91. The van der Waals surface area contributed by atoms with Crippen molar-refractivity contribution in [3.8, 4) is 5.75 Å². The maximum absolute atomic E-state index is 13.1. The van der Waals surface area contributed by atoms with E-state index in [1.165, 1.54) is 18.2 Å². The summed E-state index contributed by atoms with van der Waals surface area (Å²) in [6, 6.07) is 13.4. The Kier molecular flexibility index (Phi) is 4.74. The standard InChI is InChI=1S/C18H18FN3O2/c1-2-10-22-16-9-4-3-8-15(16)20-18(22)21-17(23)12-24-14-7-5-6-13(19)11-14/h3-9,11H,2,10,12H2,1H3,(H,20,21,23). The number of nitrogens with one attached hydrogen (secondary N) is 1. The molecule has 1 N–H and O–H groups in total. The van der Waals surface area contributed by atoms with Crippen molar-refractivity contribution in [2.24, 2.45) is 0 Å². The molecule has 2 aromatic carbocycles. The van der Waals surface area contributed by atoms with E-state index in [0.29, 0.717) is 11.7 Å². The first-order valence-electron chi connectivity index (χ1n) is 7.81. The molecule has 0 aliphatic rings. The monoisotopic (exact) mass is 327 g/mol. The molecule has 1 heterocycles. The minimum atomic E-state index is -0.405. The first kappa shape index (κ1) is 16.0. The number of halogens is 1. The molecule has 0 fully saturated rings. The van der Waals surface area contributed by atoms with Gasteiger partial charge in [0.15, 0.2) is 6.61 Å². The van der Waals surface area contributed by atoms with Crippen molar-refractivity contribution in [1.82, 2.24) is 9.55 Å². The highest BCUT2D eigenvalue weighted by Gasteiger charge is 2.13. The van der Waals surface area contributed by atoms with E-state index in [-0.39, 0.29) is 12.5 Å². The molecule has 0 aliphatic carbocycles. The molecule has 0 atom stereocenters. The lowest BCUT2D eigenvalue weighted by Gasteiger charge is -2.10. The van der Waals surface area contributed by atoms with Crippen LogP contribution in [-0.4, -0.2) is 22.1 Å². The second-order valence-corrected chi connectivity index (χ2v) is 5.37. The van der Waals surface area contributed by atoms with Crippen LogP contribution in [0.1, 0.15) is 13.3 Å². The van der Waals surface area contributed by atoms with Crippen LogP contribution in [0, 0.1) is 5.82 Å². The van der Waals surface area contributed by atoms with Gasteiger partial charge in [-0.15, -0.1) is 0 Å². The molecule has 3 rings (SSSR count). The molecular formula is C18H18FN3O2. The number of anilines is 1. The SMILES string of the molecule is CCCn1c(NC(=O)COc2cccc(F)c2)nc2ccccc21. The summed E-state index contributed by atoms with van der Waals surface area (Å²) in [5.41, 5.74) is 1.80. The largest absolute Gasteiger partial charge is 0.484 e. The zero-order valence-electron chi connectivity index (χ0n) is 13.3. The van der Waals surface area contributed by atoms with E-state index >= 15 is 0 Å². The average molecular weight is 327 g/mol. The number of carbonyl (C=O) groups is 1. The molecule has 0 spiro atoms. The number of aromatic nitrogens is 2. The summed E-state index contributed by atoms with van der Waals surface area (Å²) in [5, 5.41) is 2.76. The Labute approximate surface area is 139 Å². The maximum Gasteiger partial charge on any atom is 0.264 e. The van der Waals surface area contributed by atoms with Gasteiger partial charge in [-0.25, -0.2) is 9.37 Å². The number of para-hydroxylation sites is 2. The Bertz CT molecular complexity index is 860. The number of amides is 1. The van der Waals surface area contributed by atoms with Crippen LogP contribution in [0.4, 0.5) is 10.3 Å². The van der Waals surface area contributed by atoms with Gasteiger partial charge in [0.25, 0.3) is 5.91 Å². The lowest BCUT2D eigenvalue weighted by atomic mass is 10.3. The van der Waals surface area contributed by atoms with Crippen molar-refractivity contribution in [2.45, 2.75) is 19.9 Å². The molecule has 0 bridgehead atoms. The van der Waals surface area contributed by atoms with Crippen molar-refractivity contribution in [3.05, 3.63) is 54.3 Å². The normalized spacial score (nSPS) is 10.8. The number of aryl methyl sites for hydroxylation is 1. The van der Waals surface area contributed by atoms with Gasteiger partial charge in [0.2, 0.25) is 5.95 Å². The lowest BCUT2D eigenvalue weighted by Crippen LogP contribution is -2.22. The van der Waals surface area contributed by atoms with Gasteiger partial charge in [-0.3, -0.25) is 10.1 Å². The molecule has 0 unspecified atom stereocenters. The summed E-state index contributed by atoms with van der Waals surface area (Å²) in [6.45, 7) is 2.60. The molecule has 124 valence electrons. The van der Waals surface area contributed by atoms with Crippen molar-refractivity contribution in [3.63, 3.8) is 0 Å². The van der Waals surface area contributed by atoms with Gasteiger partial charge in [-0.1, -0.05) is 25.1 Å². The van der Waals surface area contributed by atoms with Gasteiger partial charge in [-0.2, -0.15) is 0 Å². The van der Waals surface area contributed by atoms with Crippen LogP contribution in [0.5, 0.6) is 5.75 Å². The van der Waals surface area contributed by atoms with E-state index in [4.69, 9.17) is 4.74 Å². The number of rotatable bonds is 6. The molecule has 5 nitrogen and oxygen atoms in total. The third-order valence-electron chi connectivity index (χ3n) is 3.52. The molecule has 3 aromatic rings. The number of carbonyl (C=O) groups excluding carboxylic acids is 1. The highest BCUT2D eigenvalue weighted by atomic mass is 19.1. The molecule has 1 aromatic heterocycles. The van der Waals surface area contributed by atoms with E-state index in [2.05, 4.69) is 17.2 Å². The Morgan fingerprint density at radius 2 is 2.08 bits per heavy atom. The van der Waals surface area contributed by atoms with E-state index < -0.39 is 5.82 Å². The van der Waals surface area contributed by atoms with E-state index in [9.17, 15) is 9.18 Å². The predicted octanol–water partition coefficient (Wildman–Crippen LogP) is 3.60. The predicted molar refractivity (Wildman–Crippen MR) is 90.5 cm³/mol. The number of ether oxygens (including phenoxy) is 1. The summed E-state index contributed by atoms with van der Waals surface area (Å²) >= 11 is 0. The highest BCUT2D eigenvalue weighted by molar-refractivity contribution is 5.92. The molecule has 0 aliphatic heterocycles.